The SMILES string of the molecule is COc1ccc2cc(CN3CCCCC3)c(N)nc2c1. The Kier molecular flexibility index (Phi) is 3.74. The van der Waals surface area contributed by atoms with Crippen LogP contribution in [0.5, 0.6) is 5.75 Å². The van der Waals surface area contributed by atoms with E-state index in [1.807, 2.05) is 18.2 Å². The van der Waals surface area contributed by atoms with E-state index < -0.39 is 0 Å². The Balaban J connectivity index is 1.89. The zero-order valence-corrected chi connectivity index (χ0v) is 11.9. The predicted octanol–water partition coefficient (Wildman–Crippen LogP) is 2.81. The van der Waals surface area contributed by atoms with E-state index in [2.05, 4.69) is 16.0 Å². The fourth-order valence-electron chi connectivity index (χ4n) is 2.82. The molecule has 0 spiro atoms. The molecule has 2 N–H and O–H groups in total. The first-order chi connectivity index (χ1) is 9.76. The van der Waals surface area contributed by atoms with Gasteiger partial charge in [0.15, 0.2) is 0 Å². The van der Waals surface area contributed by atoms with E-state index >= 15 is 0 Å². The molecule has 4 heteroatoms. The smallest absolute Gasteiger partial charge is 0.128 e. The molecular weight excluding hydrogens is 250 g/mol. The molecule has 0 radical (unpaired) electrons. The predicted molar refractivity (Wildman–Crippen MR) is 81.8 cm³/mol. The quantitative estimate of drug-likeness (QED) is 0.932. The van der Waals surface area contributed by atoms with Gasteiger partial charge in [0, 0.05) is 23.6 Å². The van der Waals surface area contributed by atoms with Crippen LogP contribution in [0.3, 0.4) is 0 Å². The highest BCUT2D eigenvalue weighted by Crippen LogP contribution is 2.24. The number of rotatable bonds is 3. The van der Waals surface area contributed by atoms with Crippen molar-refractivity contribution in [2.24, 2.45) is 0 Å². The average Bonchev–Trinajstić information content (AvgIpc) is 2.48. The van der Waals surface area contributed by atoms with Gasteiger partial charge in [-0.2, -0.15) is 0 Å². The van der Waals surface area contributed by atoms with Crippen LogP contribution in [-0.4, -0.2) is 30.1 Å². The number of nitrogens with zero attached hydrogens (tertiary/aromatic N) is 2. The first-order valence-electron chi connectivity index (χ1n) is 7.22. The highest BCUT2D eigenvalue weighted by molar-refractivity contribution is 5.82. The van der Waals surface area contributed by atoms with E-state index in [9.17, 15) is 0 Å². The Bertz CT molecular complexity index is 606. The van der Waals surface area contributed by atoms with Gasteiger partial charge in [0.2, 0.25) is 0 Å². The summed E-state index contributed by atoms with van der Waals surface area (Å²) in [7, 11) is 1.66. The van der Waals surface area contributed by atoms with Crippen molar-refractivity contribution in [2.45, 2.75) is 25.8 Å². The van der Waals surface area contributed by atoms with Crippen molar-refractivity contribution >= 4 is 16.7 Å². The number of nitrogens with two attached hydrogens (primary N) is 1. The van der Waals surface area contributed by atoms with Crippen molar-refractivity contribution < 1.29 is 4.74 Å². The molecule has 0 saturated carbocycles. The number of aromatic nitrogens is 1. The van der Waals surface area contributed by atoms with Gasteiger partial charge >= 0.3 is 0 Å². The van der Waals surface area contributed by atoms with Gasteiger partial charge in [-0.3, -0.25) is 4.90 Å². The van der Waals surface area contributed by atoms with Crippen LogP contribution in [0, 0.1) is 0 Å². The van der Waals surface area contributed by atoms with E-state index in [1.54, 1.807) is 7.11 Å². The Morgan fingerprint density at radius 2 is 2.00 bits per heavy atom. The van der Waals surface area contributed by atoms with Crippen LogP contribution in [0.1, 0.15) is 24.8 Å². The van der Waals surface area contributed by atoms with Crippen molar-refractivity contribution in [3.05, 3.63) is 29.8 Å². The molecule has 1 aromatic carbocycles. The lowest BCUT2D eigenvalue weighted by Gasteiger charge is -2.26. The molecule has 1 aromatic heterocycles. The van der Waals surface area contributed by atoms with E-state index in [4.69, 9.17) is 10.5 Å². The topological polar surface area (TPSA) is 51.4 Å². The third kappa shape index (κ3) is 2.70. The Hall–Kier alpha value is -1.81. The van der Waals surface area contributed by atoms with Crippen molar-refractivity contribution in [2.75, 3.05) is 25.9 Å². The molecule has 1 aliphatic heterocycles. The third-order valence-corrected chi connectivity index (χ3v) is 3.98. The number of hydrogen-bond acceptors (Lipinski definition) is 4. The molecule has 4 nitrogen and oxygen atoms in total. The number of methoxy groups -OCH3 is 1. The van der Waals surface area contributed by atoms with Crippen LogP contribution in [-0.2, 0) is 6.54 Å². The average molecular weight is 271 g/mol. The Morgan fingerprint density at radius 1 is 1.20 bits per heavy atom. The summed E-state index contributed by atoms with van der Waals surface area (Å²) in [6.07, 6.45) is 3.93. The maximum absolute atomic E-state index is 6.12. The molecule has 0 unspecified atom stereocenters. The molecule has 0 bridgehead atoms. The first-order valence-corrected chi connectivity index (χ1v) is 7.22. The van der Waals surface area contributed by atoms with Gasteiger partial charge in [0.05, 0.1) is 12.6 Å². The van der Waals surface area contributed by atoms with Crippen LogP contribution >= 0.6 is 0 Å². The number of piperidine rings is 1. The van der Waals surface area contributed by atoms with E-state index in [1.165, 1.54) is 32.4 Å². The van der Waals surface area contributed by atoms with Crippen LogP contribution in [0.4, 0.5) is 5.82 Å². The zero-order chi connectivity index (χ0) is 13.9. The normalized spacial score (nSPS) is 16.4. The largest absolute Gasteiger partial charge is 0.497 e. The summed E-state index contributed by atoms with van der Waals surface area (Å²) in [6, 6.07) is 8.09. The molecule has 106 valence electrons. The lowest BCUT2D eigenvalue weighted by Crippen LogP contribution is -2.29. The van der Waals surface area contributed by atoms with E-state index in [-0.39, 0.29) is 0 Å². The summed E-state index contributed by atoms with van der Waals surface area (Å²) in [4.78, 5) is 6.99. The van der Waals surface area contributed by atoms with E-state index in [0.717, 1.165) is 28.8 Å². The fourth-order valence-corrected chi connectivity index (χ4v) is 2.82. The molecule has 0 amide bonds. The molecule has 2 heterocycles. The van der Waals surface area contributed by atoms with Crippen LogP contribution in [0.15, 0.2) is 24.3 Å². The Morgan fingerprint density at radius 3 is 2.75 bits per heavy atom. The first kappa shape index (κ1) is 13.2. The summed E-state index contributed by atoms with van der Waals surface area (Å²) in [5, 5.41) is 1.12. The summed E-state index contributed by atoms with van der Waals surface area (Å²) in [5.74, 6) is 1.45. The molecule has 0 aliphatic carbocycles. The van der Waals surface area contributed by atoms with Crippen molar-refractivity contribution in [1.29, 1.82) is 0 Å². The minimum atomic E-state index is 0.635. The number of anilines is 1. The molecule has 2 aromatic rings. The number of benzene rings is 1. The second kappa shape index (κ2) is 5.67. The van der Waals surface area contributed by atoms with E-state index in [0.29, 0.717) is 5.82 Å². The minimum absolute atomic E-state index is 0.635. The summed E-state index contributed by atoms with van der Waals surface area (Å²) < 4.78 is 5.22. The molecule has 3 rings (SSSR count). The lowest BCUT2D eigenvalue weighted by molar-refractivity contribution is 0.221. The molecule has 1 aliphatic rings. The van der Waals surface area contributed by atoms with Gasteiger partial charge in [-0.15, -0.1) is 0 Å². The summed E-state index contributed by atoms with van der Waals surface area (Å²) in [6.45, 7) is 3.24. The van der Waals surface area contributed by atoms with Gasteiger partial charge in [-0.25, -0.2) is 4.98 Å². The molecule has 0 atom stereocenters. The van der Waals surface area contributed by atoms with Gasteiger partial charge < -0.3 is 10.5 Å². The molecule has 1 saturated heterocycles. The molecular formula is C16H21N3O. The number of hydrogen-bond donors (Lipinski definition) is 1. The zero-order valence-electron chi connectivity index (χ0n) is 11.9. The highest BCUT2D eigenvalue weighted by Gasteiger charge is 2.13. The second-order valence-corrected chi connectivity index (χ2v) is 5.43. The lowest BCUT2D eigenvalue weighted by atomic mass is 10.1. The number of pyridine rings is 1. The molecule has 1 fully saturated rings. The highest BCUT2D eigenvalue weighted by atomic mass is 16.5. The second-order valence-electron chi connectivity index (χ2n) is 5.43. The minimum Gasteiger partial charge on any atom is -0.497 e. The Labute approximate surface area is 119 Å². The number of ether oxygens (including phenoxy) is 1. The van der Waals surface area contributed by atoms with Crippen molar-refractivity contribution in [1.82, 2.24) is 9.88 Å². The van der Waals surface area contributed by atoms with Gasteiger partial charge in [-0.1, -0.05) is 6.42 Å². The van der Waals surface area contributed by atoms with Crippen LogP contribution < -0.4 is 10.5 Å². The van der Waals surface area contributed by atoms with Crippen molar-refractivity contribution in [3.8, 4) is 5.75 Å². The van der Waals surface area contributed by atoms with Crippen molar-refractivity contribution in [3.63, 3.8) is 0 Å². The number of likely N-dealkylation sites (tertiary alicyclic amines) is 1. The summed E-state index contributed by atoms with van der Waals surface area (Å²) >= 11 is 0. The van der Waals surface area contributed by atoms with Gasteiger partial charge in [0.25, 0.3) is 0 Å². The third-order valence-electron chi connectivity index (χ3n) is 3.98. The van der Waals surface area contributed by atoms with Crippen LogP contribution in [0.25, 0.3) is 10.9 Å². The maximum Gasteiger partial charge on any atom is 0.128 e. The summed E-state index contributed by atoms with van der Waals surface area (Å²) in [5.41, 5.74) is 8.14. The fraction of sp³-hybridized carbons (Fsp3) is 0.438. The molecule has 20 heavy (non-hydrogen) atoms. The number of nitrogen functional groups attached to an aromatic ring is 1. The standard InChI is InChI=1S/C16H21N3O/c1-20-14-6-5-12-9-13(16(17)18-15(12)10-14)11-19-7-3-2-4-8-19/h5-6,9-10H,2-4,7-8,11H2,1H3,(H2,17,18). The van der Waals surface area contributed by atoms with Gasteiger partial charge in [-0.05, 0) is 44.1 Å². The monoisotopic (exact) mass is 271 g/mol. The van der Waals surface area contributed by atoms with Crippen LogP contribution in [0.2, 0.25) is 0 Å². The maximum atomic E-state index is 6.12. The number of fused-ring (bicyclic) bond motifs is 1. The van der Waals surface area contributed by atoms with Gasteiger partial charge in [0.1, 0.15) is 11.6 Å².